The van der Waals surface area contributed by atoms with E-state index in [1.54, 1.807) is 0 Å². The maximum absolute atomic E-state index is 11.8. The highest BCUT2D eigenvalue weighted by molar-refractivity contribution is 8.05. The Hall–Kier alpha value is -1.00. The third kappa shape index (κ3) is 4.10. The summed E-state index contributed by atoms with van der Waals surface area (Å²) in [6, 6.07) is 0. The van der Waals surface area contributed by atoms with Crippen LogP contribution in [0.5, 0.6) is 0 Å². The molecule has 10 nitrogen and oxygen atoms in total. The number of nitrogens with two attached hydrogens (primary N) is 1. The van der Waals surface area contributed by atoms with Gasteiger partial charge in [-0.05, 0) is 22.5 Å². The molecule has 2 unspecified atom stereocenters. The number of aliphatic hydroxyl groups excluding tert-OH is 2. The predicted molar refractivity (Wildman–Crippen MR) is 79.5 cm³/mol. The van der Waals surface area contributed by atoms with E-state index < -0.39 is 42.9 Å². The Morgan fingerprint density at radius 2 is 2.13 bits per heavy atom. The summed E-state index contributed by atoms with van der Waals surface area (Å²) in [4.78, 5) is 26.1. The lowest BCUT2D eigenvalue weighted by atomic mass is 10.1. The minimum Gasteiger partial charge on any atom is -0.387 e. The highest BCUT2D eigenvalue weighted by Crippen LogP contribution is 2.57. The Bertz CT molecular complexity index is 708. The van der Waals surface area contributed by atoms with Gasteiger partial charge in [0, 0.05) is 6.20 Å². The Morgan fingerprint density at radius 1 is 1.48 bits per heavy atom. The number of halogens is 2. The van der Waals surface area contributed by atoms with Gasteiger partial charge in [-0.15, -0.1) is 0 Å². The molecule has 1 aromatic heterocycles. The lowest BCUT2D eigenvalue weighted by molar-refractivity contribution is -0.0506. The molecule has 1 saturated heterocycles. The van der Waals surface area contributed by atoms with Crippen LogP contribution in [0.25, 0.3) is 0 Å². The molecule has 0 bridgehead atoms. The van der Waals surface area contributed by atoms with Gasteiger partial charge in [-0.1, -0.05) is 0 Å². The molecule has 1 aliphatic heterocycles. The molecule has 23 heavy (non-hydrogen) atoms. The first-order valence-electron chi connectivity index (χ1n) is 6.13. The Kier molecular flexibility index (Phi) is 5.47. The summed E-state index contributed by atoms with van der Waals surface area (Å²) in [5.74, 6) is -0.278. The van der Waals surface area contributed by atoms with Crippen LogP contribution in [0.4, 0.5) is 5.82 Å². The van der Waals surface area contributed by atoms with E-state index >= 15 is 0 Å². The monoisotopic (exact) mass is 387 g/mol. The molecule has 128 valence electrons. The van der Waals surface area contributed by atoms with Crippen molar-refractivity contribution in [3.05, 3.63) is 22.2 Å². The molecule has 2 heterocycles. The number of carbonyl (C=O) groups is 1. The van der Waals surface area contributed by atoms with Gasteiger partial charge in [0.25, 0.3) is 0 Å². The molecular formula is C10H12Cl2N3O7P. The van der Waals surface area contributed by atoms with Crippen LogP contribution in [0, 0.1) is 0 Å². The SMILES string of the molecule is Nc1nc(=O)n([C@@H]2O[C@H](COP(=O)(Cl)Cl)C(O)C2O)cc1C=O. The first kappa shape index (κ1) is 18.3. The van der Waals surface area contributed by atoms with Gasteiger partial charge in [0.05, 0.1) is 12.2 Å². The van der Waals surface area contributed by atoms with Gasteiger partial charge in [0.15, 0.2) is 12.5 Å². The molecular weight excluding hydrogens is 376 g/mol. The van der Waals surface area contributed by atoms with Gasteiger partial charge >= 0.3 is 11.8 Å². The van der Waals surface area contributed by atoms with Gasteiger partial charge in [-0.2, -0.15) is 4.98 Å². The number of nitrogen functional groups attached to an aromatic ring is 1. The fourth-order valence-electron chi connectivity index (χ4n) is 2.03. The number of nitrogens with zero attached hydrogens (tertiary/aromatic N) is 2. The smallest absolute Gasteiger partial charge is 0.380 e. The van der Waals surface area contributed by atoms with E-state index in [1.165, 1.54) is 0 Å². The summed E-state index contributed by atoms with van der Waals surface area (Å²) in [7, 11) is 0. The van der Waals surface area contributed by atoms with E-state index in [0.29, 0.717) is 6.29 Å². The highest BCUT2D eigenvalue weighted by Gasteiger charge is 2.45. The fraction of sp³-hybridized carbons (Fsp3) is 0.500. The van der Waals surface area contributed by atoms with Crippen LogP contribution in [0.2, 0.25) is 0 Å². The van der Waals surface area contributed by atoms with Gasteiger partial charge in [0.1, 0.15) is 24.1 Å². The fourth-order valence-corrected chi connectivity index (χ4v) is 2.69. The second-order valence-electron chi connectivity index (χ2n) is 4.65. The van der Waals surface area contributed by atoms with E-state index in [1.807, 2.05) is 0 Å². The van der Waals surface area contributed by atoms with Crippen molar-refractivity contribution in [2.45, 2.75) is 24.5 Å². The van der Waals surface area contributed by atoms with Crippen molar-refractivity contribution < 1.29 is 28.8 Å². The van der Waals surface area contributed by atoms with Crippen molar-refractivity contribution in [2.24, 2.45) is 0 Å². The highest BCUT2D eigenvalue weighted by atomic mass is 35.9. The molecule has 4 N–H and O–H groups in total. The van der Waals surface area contributed by atoms with Crippen molar-refractivity contribution in [1.82, 2.24) is 9.55 Å². The summed E-state index contributed by atoms with van der Waals surface area (Å²) in [6.07, 6.45) is -8.00. The second kappa shape index (κ2) is 6.86. The molecule has 0 aliphatic carbocycles. The van der Waals surface area contributed by atoms with Crippen molar-refractivity contribution in [3.63, 3.8) is 0 Å². The Morgan fingerprint density at radius 3 is 2.70 bits per heavy atom. The second-order valence-corrected chi connectivity index (χ2v) is 8.92. The van der Waals surface area contributed by atoms with Gasteiger partial charge in [-0.3, -0.25) is 13.9 Å². The maximum Gasteiger partial charge on any atom is 0.380 e. The number of hydrogen-bond donors (Lipinski definition) is 3. The summed E-state index contributed by atoms with van der Waals surface area (Å²) < 4.78 is 21.8. The number of aromatic nitrogens is 2. The zero-order chi connectivity index (χ0) is 17.4. The van der Waals surface area contributed by atoms with Crippen LogP contribution < -0.4 is 11.4 Å². The van der Waals surface area contributed by atoms with Crippen LogP contribution in [0.3, 0.4) is 0 Å². The average Bonchev–Trinajstić information content (AvgIpc) is 2.73. The lowest BCUT2D eigenvalue weighted by Crippen LogP contribution is -2.36. The van der Waals surface area contributed by atoms with Gasteiger partial charge in [0.2, 0.25) is 0 Å². The predicted octanol–water partition coefficient (Wildman–Crippen LogP) is -0.140. The van der Waals surface area contributed by atoms with E-state index in [2.05, 4.69) is 9.51 Å². The number of aldehydes is 1. The zero-order valence-electron chi connectivity index (χ0n) is 11.3. The summed E-state index contributed by atoms with van der Waals surface area (Å²) in [6.45, 7) is -0.489. The van der Waals surface area contributed by atoms with Crippen molar-refractivity contribution in [2.75, 3.05) is 12.3 Å². The molecule has 1 aliphatic rings. The van der Waals surface area contributed by atoms with Crippen LogP contribution in [0.1, 0.15) is 16.6 Å². The number of aliphatic hydroxyl groups is 2. The minimum absolute atomic E-state index is 0.0967. The normalized spacial score (nSPS) is 28.0. The molecule has 0 radical (unpaired) electrons. The number of ether oxygens (including phenoxy) is 1. The van der Waals surface area contributed by atoms with Gasteiger partial charge in [-0.25, -0.2) is 4.79 Å². The van der Waals surface area contributed by atoms with Crippen LogP contribution in [-0.2, 0) is 13.8 Å². The lowest BCUT2D eigenvalue weighted by Gasteiger charge is -2.17. The first-order chi connectivity index (χ1) is 10.6. The molecule has 4 atom stereocenters. The molecule has 1 aromatic rings. The summed E-state index contributed by atoms with van der Waals surface area (Å²) >= 11 is 10.4. The number of anilines is 1. The van der Waals surface area contributed by atoms with E-state index in [9.17, 15) is 24.4 Å². The zero-order valence-corrected chi connectivity index (χ0v) is 13.7. The van der Waals surface area contributed by atoms with Crippen molar-refractivity contribution >= 4 is 40.7 Å². The first-order valence-corrected chi connectivity index (χ1v) is 9.57. The van der Waals surface area contributed by atoms with Crippen LogP contribution >= 0.6 is 28.6 Å². The molecule has 2 rings (SSSR count). The number of rotatable bonds is 5. The third-order valence-corrected chi connectivity index (χ3v) is 4.17. The van der Waals surface area contributed by atoms with Crippen molar-refractivity contribution in [3.8, 4) is 0 Å². The maximum atomic E-state index is 11.8. The summed E-state index contributed by atoms with van der Waals surface area (Å²) in [5, 5.41) is 19.9. The standard InChI is InChI=1S/C10H12Cl2N3O7P/c11-23(12,20)21-3-5-6(17)7(18)9(22-5)15-1-4(2-16)8(13)14-10(15)19/h1-2,5-7,9,17-18H,3H2,(H2,13,14,19)/t5-,6?,7?,9-/m1/s1. The molecule has 0 saturated carbocycles. The Labute approximate surface area is 138 Å². The number of hydrogen-bond acceptors (Lipinski definition) is 9. The topological polar surface area (TPSA) is 154 Å². The molecule has 1 fully saturated rings. The van der Waals surface area contributed by atoms with Crippen LogP contribution in [-0.4, -0.2) is 51.0 Å². The van der Waals surface area contributed by atoms with E-state index in [-0.39, 0.29) is 11.4 Å². The van der Waals surface area contributed by atoms with Gasteiger partial charge < -0.3 is 25.2 Å². The average molecular weight is 388 g/mol. The molecule has 0 amide bonds. The third-order valence-electron chi connectivity index (χ3n) is 3.14. The Balaban J connectivity index is 2.26. The van der Waals surface area contributed by atoms with Crippen LogP contribution in [0.15, 0.2) is 11.0 Å². The quantitative estimate of drug-likeness (QED) is 0.462. The number of carbonyl (C=O) groups excluding carboxylic acids is 1. The largest absolute Gasteiger partial charge is 0.387 e. The van der Waals surface area contributed by atoms with E-state index in [0.717, 1.165) is 10.8 Å². The minimum atomic E-state index is -3.86. The molecule has 0 aromatic carbocycles. The molecule has 0 spiro atoms. The van der Waals surface area contributed by atoms with E-state index in [4.69, 9.17) is 33.0 Å². The summed E-state index contributed by atoms with van der Waals surface area (Å²) in [5.41, 5.74) is 4.40. The molecule has 13 heteroatoms. The van der Waals surface area contributed by atoms with Crippen molar-refractivity contribution in [1.29, 1.82) is 0 Å².